The van der Waals surface area contributed by atoms with Gasteiger partial charge in [-0.2, -0.15) is 0 Å². The lowest BCUT2D eigenvalue weighted by atomic mass is 10.1. The molecule has 0 aromatic heterocycles. The third kappa shape index (κ3) is 4.36. The number of rotatable bonds is 5. The molecule has 0 aliphatic rings. The molecule has 0 N–H and O–H groups in total. The van der Waals surface area contributed by atoms with Crippen LogP contribution in [0.15, 0.2) is 24.3 Å². The number of thiocarbonyl (C=S) groups is 1. The fourth-order valence-corrected chi connectivity index (χ4v) is 1.48. The van der Waals surface area contributed by atoms with E-state index in [1.807, 2.05) is 0 Å². The Labute approximate surface area is 104 Å². The highest BCUT2D eigenvalue weighted by Gasteiger charge is 2.19. The first kappa shape index (κ1) is 13.4. The molecule has 5 nitrogen and oxygen atoms in total. The normalized spacial score (nSPS) is 11.6. The van der Waals surface area contributed by atoms with Gasteiger partial charge in [-0.1, -0.05) is 12.1 Å². The van der Waals surface area contributed by atoms with Crippen LogP contribution in [-0.4, -0.2) is 23.6 Å². The second-order valence-electron chi connectivity index (χ2n) is 3.39. The zero-order chi connectivity index (χ0) is 12.8. The van der Waals surface area contributed by atoms with Gasteiger partial charge in [0.25, 0.3) is 0 Å². The number of nitrogens with zero attached hydrogens (tertiary/aromatic N) is 1. The summed E-state index contributed by atoms with van der Waals surface area (Å²) in [6.07, 6.45) is -0.659. The van der Waals surface area contributed by atoms with Crippen molar-refractivity contribution in [2.24, 2.45) is 0 Å². The van der Waals surface area contributed by atoms with Crippen molar-refractivity contribution in [3.05, 3.63) is 39.9 Å². The molecule has 0 aliphatic carbocycles. The lowest BCUT2D eigenvalue weighted by Crippen LogP contribution is -2.17. The van der Waals surface area contributed by atoms with Crippen LogP contribution >= 0.6 is 12.2 Å². The molecule has 92 valence electrons. The molecule has 1 aromatic rings. The van der Waals surface area contributed by atoms with Crippen molar-refractivity contribution in [1.82, 2.24) is 0 Å². The number of benzene rings is 1. The van der Waals surface area contributed by atoms with Crippen LogP contribution in [0.5, 0.6) is 5.75 Å². The Balaban J connectivity index is 2.86. The maximum atomic E-state index is 10.5. The summed E-state index contributed by atoms with van der Waals surface area (Å²) in [4.78, 5) is 10.1. The van der Waals surface area contributed by atoms with E-state index in [-0.39, 0.29) is 11.6 Å². The summed E-state index contributed by atoms with van der Waals surface area (Å²) < 4.78 is 10.3. The largest absolute Gasteiger partial charge is 0.497 e. The second kappa shape index (κ2) is 6.15. The van der Waals surface area contributed by atoms with E-state index in [1.165, 1.54) is 0 Å². The van der Waals surface area contributed by atoms with E-state index in [0.717, 1.165) is 0 Å². The summed E-state index contributed by atoms with van der Waals surface area (Å²) in [6.45, 7) is 1.27. The van der Waals surface area contributed by atoms with Crippen molar-refractivity contribution < 1.29 is 14.4 Å². The van der Waals surface area contributed by atoms with Gasteiger partial charge < -0.3 is 9.47 Å². The Bertz CT molecular complexity index is 388. The lowest BCUT2D eigenvalue weighted by Gasteiger charge is -2.15. The molecule has 1 rings (SSSR count). The van der Waals surface area contributed by atoms with Crippen LogP contribution in [0.4, 0.5) is 0 Å². The minimum Gasteiger partial charge on any atom is -0.497 e. The maximum Gasteiger partial charge on any atom is 0.244 e. The van der Waals surface area contributed by atoms with Crippen molar-refractivity contribution in [2.45, 2.75) is 13.0 Å². The molecule has 1 unspecified atom stereocenters. The van der Waals surface area contributed by atoms with E-state index in [9.17, 15) is 10.1 Å². The van der Waals surface area contributed by atoms with Gasteiger partial charge in [-0.05, 0) is 29.9 Å². The Morgan fingerprint density at radius 1 is 1.47 bits per heavy atom. The Morgan fingerprint density at radius 3 is 2.47 bits per heavy atom. The fourth-order valence-electron chi connectivity index (χ4n) is 1.37. The van der Waals surface area contributed by atoms with Crippen molar-refractivity contribution in [1.29, 1.82) is 0 Å². The van der Waals surface area contributed by atoms with E-state index >= 15 is 0 Å². The standard InChI is InChI=1S/C11H13NO4S/c1-8(17)16-11(7-12(13)14)9-3-5-10(15-2)6-4-9/h3-6,11H,7H2,1-2H3. The highest BCUT2D eigenvalue weighted by molar-refractivity contribution is 7.80. The van der Waals surface area contributed by atoms with E-state index < -0.39 is 11.0 Å². The van der Waals surface area contributed by atoms with Crippen LogP contribution in [0.1, 0.15) is 18.6 Å². The topological polar surface area (TPSA) is 61.6 Å². The molecule has 0 fully saturated rings. The zero-order valence-corrected chi connectivity index (χ0v) is 10.4. The molecular weight excluding hydrogens is 242 g/mol. The predicted molar refractivity (Wildman–Crippen MR) is 67.0 cm³/mol. The van der Waals surface area contributed by atoms with E-state index in [1.54, 1.807) is 38.3 Å². The first-order chi connectivity index (χ1) is 8.02. The van der Waals surface area contributed by atoms with Gasteiger partial charge in [-0.25, -0.2) is 0 Å². The van der Waals surface area contributed by atoms with Gasteiger partial charge in [0.05, 0.1) is 7.11 Å². The van der Waals surface area contributed by atoms with E-state index in [0.29, 0.717) is 11.3 Å². The molecule has 0 aliphatic heterocycles. The monoisotopic (exact) mass is 255 g/mol. The van der Waals surface area contributed by atoms with Crippen molar-refractivity contribution in [2.75, 3.05) is 13.7 Å². The highest BCUT2D eigenvalue weighted by atomic mass is 32.1. The third-order valence-corrected chi connectivity index (χ3v) is 2.21. The molecule has 0 saturated heterocycles. The number of hydrogen-bond donors (Lipinski definition) is 0. The Hall–Kier alpha value is -1.69. The summed E-state index contributed by atoms with van der Waals surface area (Å²) in [5.74, 6) is 0.688. The fraction of sp³-hybridized carbons (Fsp3) is 0.364. The first-order valence-corrected chi connectivity index (χ1v) is 5.36. The zero-order valence-electron chi connectivity index (χ0n) is 9.58. The van der Waals surface area contributed by atoms with Crippen LogP contribution in [0, 0.1) is 10.1 Å². The molecular formula is C11H13NO4S. The molecule has 0 radical (unpaired) electrons. The molecule has 6 heteroatoms. The first-order valence-electron chi connectivity index (χ1n) is 4.96. The van der Waals surface area contributed by atoms with Crippen LogP contribution in [0.25, 0.3) is 0 Å². The molecule has 1 atom stereocenters. The minimum absolute atomic E-state index is 0.285. The second-order valence-corrected chi connectivity index (χ2v) is 3.96. The molecule has 17 heavy (non-hydrogen) atoms. The van der Waals surface area contributed by atoms with Crippen molar-refractivity contribution in [3.63, 3.8) is 0 Å². The van der Waals surface area contributed by atoms with Gasteiger partial charge in [0.15, 0.2) is 11.2 Å². The van der Waals surface area contributed by atoms with E-state index in [4.69, 9.17) is 21.7 Å². The van der Waals surface area contributed by atoms with Crippen LogP contribution < -0.4 is 4.74 Å². The van der Waals surface area contributed by atoms with Gasteiger partial charge in [0.2, 0.25) is 6.54 Å². The predicted octanol–water partition coefficient (Wildman–Crippen LogP) is 2.38. The number of hydrogen-bond acceptors (Lipinski definition) is 5. The van der Waals surface area contributed by atoms with Gasteiger partial charge in [-0.15, -0.1) is 0 Å². The van der Waals surface area contributed by atoms with E-state index in [2.05, 4.69) is 0 Å². The van der Waals surface area contributed by atoms with Gasteiger partial charge in [0, 0.05) is 11.8 Å². The smallest absolute Gasteiger partial charge is 0.244 e. The summed E-state index contributed by atoms with van der Waals surface area (Å²) >= 11 is 4.80. The Kier molecular flexibility index (Phi) is 4.84. The average Bonchev–Trinajstić information content (AvgIpc) is 2.27. The van der Waals surface area contributed by atoms with Gasteiger partial charge >= 0.3 is 0 Å². The minimum atomic E-state index is -0.659. The van der Waals surface area contributed by atoms with Crippen LogP contribution in [0.3, 0.4) is 0 Å². The Morgan fingerprint density at radius 2 is 2.06 bits per heavy atom. The van der Waals surface area contributed by atoms with Gasteiger partial charge in [0.1, 0.15) is 5.75 Å². The lowest BCUT2D eigenvalue weighted by molar-refractivity contribution is -0.490. The van der Waals surface area contributed by atoms with Gasteiger partial charge in [-0.3, -0.25) is 10.1 Å². The number of methoxy groups -OCH3 is 1. The van der Waals surface area contributed by atoms with Crippen molar-refractivity contribution in [3.8, 4) is 5.75 Å². The highest BCUT2D eigenvalue weighted by Crippen LogP contribution is 2.21. The summed E-state index contributed by atoms with van der Waals surface area (Å²) in [5.41, 5.74) is 0.701. The molecule has 1 aromatic carbocycles. The average molecular weight is 255 g/mol. The van der Waals surface area contributed by atoms with Crippen LogP contribution in [0.2, 0.25) is 0 Å². The molecule has 0 bridgehead atoms. The SMILES string of the molecule is COc1ccc(C(C[N+](=O)[O-])OC(C)=S)cc1. The quantitative estimate of drug-likeness (QED) is 0.459. The maximum absolute atomic E-state index is 10.5. The van der Waals surface area contributed by atoms with Crippen LogP contribution in [-0.2, 0) is 4.74 Å². The molecule has 0 spiro atoms. The molecule has 0 heterocycles. The van der Waals surface area contributed by atoms with Crippen molar-refractivity contribution >= 4 is 17.3 Å². The summed E-state index contributed by atoms with van der Waals surface area (Å²) in [7, 11) is 1.56. The summed E-state index contributed by atoms with van der Waals surface area (Å²) in [6, 6.07) is 6.91. The summed E-state index contributed by atoms with van der Waals surface area (Å²) in [5, 5.41) is 10.8. The third-order valence-electron chi connectivity index (χ3n) is 2.11. The number of nitro groups is 1. The molecule has 0 amide bonds. The molecule has 0 saturated carbocycles. The number of ether oxygens (including phenoxy) is 2.